The van der Waals surface area contributed by atoms with Gasteiger partial charge in [-0.3, -0.25) is 4.90 Å². The first-order valence-corrected chi connectivity index (χ1v) is 5.27. The summed E-state index contributed by atoms with van der Waals surface area (Å²) in [5, 5.41) is 0. The van der Waals surface area contributed by atoms with Gasteiger partial charge in [-0.2, -0.15) is 0 Å². The fourth-order valence-corrected chi connectivity index (χ4v) is 1.37. The molecule has 80 valence electrons. The lowest BCUT2D eigenvalue weighted by Gasteiger charge is -2.36. The fraction of sp³-hybridized carbons (Fsp3) is 1.00. The quantitative estimate of drug-likeness (QED) is 0.648. The molecule has 0 bridgehead atoms. The maximum absolute atomic E-state index is 2.55. The fourth-order valence-electron chi connectivity index (χ4n) is 1.37. The van der Waals surface area contributed by atoms with Crippen LogP contribution in [0.1, 0.15) is 34.1 Å². The zero-order valence-electron chi connectivity index (χ0n) is 10.2. The van der Waals surface area contributed by atoms with Crippen molar-refractivity contribution in [3.63, 3.8) is 0 Å². The first-order chi connectivity index (χ1) is 5.88. The summed E-state index contributed by atoms with van der Waals surface area (Å²) in [5.41, 5.74) is 0.312. The SMILES string of the molecule is CCCN(CCN(C)C)C(C)(C)C. The van der Waals surface area contributed by atoms with Gasteiger partial charge < -0.3 is 4.90 Å². The Kier molecular flexibility index (Phi) is 5.57. The maximum Gasteiger partial charge on any atom is 0.0125 e. The summed E-state index contributed by atoms with van der Waals surface area (Å²) in [4.78, 5) is 4.79. The van der Waals surface area contributed by atoms with E-state index in [4.69, 9.17) is 0 Å². The van der Waals surface area contributed by atoms with Crippen LogP contribution in [-0.4, -0.2) is 49.1 Å². The lowest BCUT2D eigenvalue weighted by Crippen LogP contribution is -2.45. The van der Waals surface area contributed by atoms with Crippen LogP contribution < -0.4 is 0 Å². The molecule has 0 saturated carbocycles. The molecule has 0 amide bonds. The van der Waals surface area contributed by atoms with Crippen LogP contribution in [0.25, 0.3) is 0 Å². The van der Waals surface area contributed by atoms with E-state index in [1.807, 2.05) is 0 Å². The Balaban J connectivity index is 3.95. The van der Waals surface area contributed by atoms with Crippen molar-refractivity contribution in [1.29, 1.82) is 0 Å². The average Bonchev–Trinajstić information content (AvgIpc) is 1.95. The van der Waals surface area contributed by atoms with Gasteiger partial charge in [0.15, 0.2) is 0 Å². The Morgan fingerprint density at radius 2 is 1.46 bits per heavy atom. The van der Waals surface area contributed by atoms with Crippen LogP contribution in [0.4, 0.5) is 0 Å². The smallest absolute Gasteiger partial charge is 0.0125 e. The molecule has 0 radical (unpaired) electrons. The summed E-state index contributed by atoms with van der Waals surface area (Å²) >= 11 is 0. The van der Waals surface area contributed by atoms with Crippen molar-refractivity contribution in [3.05, 3.63) is 0 Å². The van der Waals surface area contributed by atoms with Gasteiger partial charge in [-0.1, -0.05) is 6.92 Å². The molecule has 2 nitrogen and oxygen atoms in total. The molecule has 0 aliphatic rings. The highest BCUT2D eigenvalue weighted by molar-refractivity contribution is 4.76. The summed E-state index contributed by atoms with van der Waals surface area (Å²) in [6.07, 6.45) is 1.24. The molecule has 0 aliphatic heterocycles. The summed E-state index contributed by atoms with van der Waals surface area (Å²) in [6, 6.07) is 0. The van der Waals surface area contributed by atoms with Crippen molar-refractivity contribution >= 4 is 0 Å². The van der Waals surface area contributed by atoms with Crippen LogP contribution in [-0.2, 0) is 0 Å². The van der Waals surface area contributed by atoms with Gasteiger partial charge in [0.1, 0.15) is 0 Å². The zero-order valence-corrected chi connectivity index (χ0v) is 10.2. The molecule has 0 rings (SSSR count). The largest absolute Gasteiger partial charge is 0.308 e. The van der Waals surface area contributed by atoms with Crippen LogP contribution in [0.2, 0.25) is 0 Å². The Morgan fingerprint density at radius 3 is 1.77 bits per heavy atom. The second-order valence-corrected chi connectivity index (χ2v) is 4.96. The zero-order chi connectivity index (χ0) is 10.5. The van der Waals surface area contributed by atoms with Crippen LogP contribution in [0.15, 0.2) is 0 Å². The van der Waals surface area contributed by atoms with Gasteiger partial charge in [0.05, 0.1) is 0 Å². The third-order valence-corrected chi connectivity index (χ3v) is 2.26. The van der Waals surface area contributed by atoms with E-state index in [0.717, 1.165) is 6.54 Å². The van der Waals surface area contributed by atoms with Gasteiger partial charge in [-0.05, 0) is 47.8 Å². The second-order valence-electron chi connectivity index (χ2n) is 4.96. The Morgan fingerprint density at radius 1 is 0.923 bits per heavy atom. The molecule has 0 unspecified atom stereocenters. The molecule has 0 aromatic carbocycles. The molecule has 0 aliphatic carbocycles. The molecular weight excluding hydrogens is 160 g/mol. The molecule has 0 atom stereocenters. The van der Waals surface area contributed by atoms with E-state index in [2.05, 4.69) is 51.6 Å². The number of rotatable bonds is 5. The minimum atomic E-state index is 0.312. The Bertz CT molecular complexity index is 125. The first-order valence-electron chi connectivity index (χ1n) is 5.27. The highest BCUT2D eigenvalue weighted by Crippen LogP contribution is 2.12. The van der Waals surface area contributed by atoms with E-state index in [9.17, 15) is 0 Å². The number of likely N-dealkylation sites (N-methyl/N-ethyl adjacent to an activating group) is 1. The van der Waals surface area contributed by atoms with Crippen LogP contribution in [0, 0.1) is 0 Å². The standard InChI is InChI=1S/C11H26N2/c1-7-8-13(11(2,3)4)10-9-12(5)6/h7-10H2,1-6H3. The van der Waals surface area contributed by atoms with Crippen LogP contribution in [0.5, 0.6) is 0 Å². The van der Waals surface area contributed by atoms with Crippen LogP contribution in [0.3, 0.4) is 0 Å². The van der Waals surface area contributed by atoms with E-state index >= 15 is 0 Å². The minimum absolute atomic E-state index is 0.312. The van der Waals surface area contributed by atoms with Crippen molar-refractivity contribution < 1.29 is 0 Å². The molecule has 0 saturated heterocycles. The molecule has 2 heteroatoms. The molecule has 0 aromatic heterocycles. The van der Waals surface area contributed by atoms with E-state index in [1.54, 1.807) is 0 Å². The highest BCUT2D eigenvalue weighted by atomic mass is 15.2. The molecule has 0 spiro atoms. The topological polar surface area (TPSA) is 6.48 Å². The first kappa shape index (κ1) is 12.9. The van der Waals surface area contributed by atoms with E-state index < -0.39 is 0 Å². The van der Waals surface area contributed by atoms with Gasteiger partial charge in [-0.25, -0.2) is 0 Å². The van der Waals surface area contributed by atoms with Crippen molar-refractivity contribution in [3.8, 4) is 0 Å². The molecule has 0 heterocycles. The van der Waals surface area contributed by atoms with Gasteiger partial charge in [0, 0.05) is 18.6 Å². The lowest BCUT2D eigenvalue weighted by molar-refractivity contribution is 0.125. The van der Waals surface area contributed by atoms with E-state index in [0.29, 0.717) is 5.54 Å². The van der Waals surface area contributed by atoms with Crippen molar-refractivity contribution in [2.75, 3.05) is 33.7 Å². The number of hydrogen-bond donors (Lipinski definition) is 0. The average molecular weight is 186 g/mol. The van der Waals surface area contributed by atoms with Gasteiger partial charge in [0.25, 0.3) is 0 Å². The molecule has 13 heavy (non-hydrogen) atoms. The predicted octanol–water partition coefficient (Wildman–Crippen LogP) is 2.06. The number of hydrogen-bond acceptors (Lipinski definition) is 2. The van der Waals surface area contributed by atoms with Crippen LogP contribution >= 0.6 is 0 Å². The third-order valence-electron chi connectivity index (χ3n) is 2.26. The summed E-state index contributed by atoms with van der Waals surface area (Å²) < 4.78 is 0. The monoisotopic (exact) mass is 186 g/mol. The highest BCUT2D eigenvalue weighted by Gasteiger charge is 2.19. The van der Waals surface area contributed by atoms with Gasteiger partial charge in [0.2, 0.25) is 0 Å². The summed E-state index contributed by atoms with van der Waals surface area (Å²) in [6.45, 7) is 12.6. The number of nitrogens with zero attached hydrogens (tertiary/aromatic N) is 2. The van der Waals surface area contributed by atoms with Gasteiger partial charge >= 0.3 is 0 Å². The lowest BCUT2D eigenvalue weighted by atomic mass is 10.1. The van der Waals surface area contributed by atoms with Gasteiger partial charge in [-0.15, -0.1) is 0 Å². The Hall–Kier alpha value is -0.0800. The Labute approximate surface area is 83.9 Å². The second kappa shape index (κ2) is 5.61. The predicted molar refractivity (Wildman–Crippen MR) is 60.2 cm³/mol. The summed E-state index contributed by atoms with van der Waals surface area (Å²) in [5.74, 6) is 0. The van der Waals surface area contributed by atoms with E-state index in [-0.39, 0.29) is 0 Å². The third kappa shape index (κ3) is 6.05. The van der Waals surface area contributed by atoms with Crippen molar-refractivity contribution in [2.45, 2.75) is 39.7 Å². The molecule has 0 N–H and O–H groups in total. The molecule has 0 fully saturated rings. The maximum atomic E-state index is 2.55. The summed E-state index contributed by atoms with van der Waals surface area (Å²) in [7, 11) is 4.26. The normalized spacial score (nSPS) is 12.9. The van der Waals surface area contributed by atoms with E-state index in [1.165, 1.54) is 19.5 Å². The van der Waals surface area contributed by atoms with Crippen molar-refractivity contribution in [2.24, 2.45) is 0 Å². The minimum Gasteiger partial charge on any atom is -0.308 e. The van der Waals surface area contributed by atoms with Crippen molar-refractivity contribution in [1.82, 2.24) is 9.80 Å². The molecule has 0 aromatic rings. The molecular formula is C11H26N2.